The molecule has 1 saturated heterocycles. The number of aromatic nitrogens is 5. The van der Waals surface area contributed by atoms with Gasteiger partial charge in [-0.05, 0) is 42.3 Å². The van der Waals surface area contributed by atoms with Crippen molar-refractivity contribution in [3.63, 3.8) is 0 Å². The molecule has 36 heavy (non-hydrogen) atoms. The number of carbonyl (C=O) groups excluding carboxylic acids is 1. The summed E-state index contributed by atoms with van der Waals surface area (Å²) in [5, 5.41) is 6.24. The highest BCUT2D eigenvalue weighted by Crippen LogP contribution is 2.30. The van der Waals surface area contributed by atoms with E-state index >= 15 is 0 Å². The number of hydrogen-bond donors (Lipinski definition) is 2. The maximum Gasteiger partial charge on any atom is 0.416 e. The van der Waals surface area contributed by atoms with Crippen molar-refractivity contribution in [2.45, 2.75) is 32.1 Å². The molecular formula is C24H23F3N8O. The monoisotopic (exact) mass is 496 g/mol. The molecule has 0 spiro atoms. The Kier molecular flexibility index (Phi) is 6.40. The third kappa shape index (κ3) is 5.21. The van der Waals surface area contributed by atoms with Crippen molar-refractivity contribution in [2.75, 3.05) is 23.7 Å². The predicted octanol–water partition coefficient (Wildman–Crippen LogP) is 4.22. The van der Waals surface area contributed by atoms with Gasteiger partial charge in [0.1, 0.15) is 0 Å². The largest absolute Gasteiger partial charge is 0.416 e. The van der Waals surface area contributed by atoms with Gasteiger partial charge in [0.2, 0.25) is 11.9 Å². The zero-order valence-corrected chi connectivity index (χ0v) is 19.2. The van der Waals surface area contributed by atoms with Gasteiger partial charge in [-0.2, -0.15) is 23.1 Å². The van der Waals surface area contributed by atoms with Crippen molar-refractivity contribution in [2.24, 2.45) is 0 Å². The van der Waals surface area contributed by atoms with Gasteiger partial charge in [-0.3, -0.25) is 9.78 Å². The lowest BCUT2D eigenvalue weighted by molar-refractivity contribution is -0.137. The Morgan fingerprint density at radius 2 is 1.89 bits per heavy atom. The van der Waals surface area contributed by atoms with Gasteiger partial charge in [-0.15, -0.1) is 0 Å². The molecule has 1 fully saturated rings. The van der Waals surface area contributed by atoms with Crippen LogP contribution >= 0.6 is 0 Å². The lowest BCUT2D eigenvalue weighted by atomic mass is 10.2. The van der Waals surface area contributed by atoms with E-state index in [-0.39, 0.29) is 11.9 Å². The van der Waals surface area contributed by atoms with E-state index in [0.717, 1.165) is 30.7 Å². The molecule has 4 aromatic rings. The van der Waals surface area contributed by atoms with Gasteiger partial charge in [0.15, 0.2) is 17.0 Å². The van der Waals surface area contributed by atoms with Crippen LogP contribution in [0.5, 0.6) is 0 Å². The smallest absolute Gasteiger partial charge is 0.364 e. The van der Waals surface area contributed by atoms with Gasteiger partial charge in [-0.1, -0.05) is 6.07 Å². The van der Waals surface area contributed by atoms with Gasteiger partial charge in [0.05, 0.1) is 11.9 Å². The molecule has 1 amide bonds. The summed E-state index contributed by atoms with van der Waals surface area (Å²) < 4.78 is 40.6. The SMILES string of the molecule is O=C1CCCN1CCn1cnc2c(NCc3cccnc3)nc(Nc3ccc(C(F)(F)F)cc3)nc21. The first-order valence-corrected chi connectivity index (χ1v) is 11.4. The molecule has 1 aliphatic heterocycles. The van der Waals surface area contributed by atoms with E-state index < -0.39 is 11.7 Å². The molecule has 1 aliphatic rings. The molecule has 5 rings (SSSR count). The molecule has 0 atom stereocenters. The number of hydrogen-bond acceptors (Lipinski definition) is 7. The van der Waals surface area contributed by atoms with Crippen LogP contribution in [0.15, 0.2) is 55.1 Å². The average Bonchev–Trinajstić information content (AvgIpc) is 3.47. The average molecular weight is 496 g/mol. The van der Waals surface area contributed by atoms with Crippen LogP contribution in [0.1, 0.15) is 24.0 Å². The molecule has 2 N–H and O–H groups in total. The second-order valence-corrected chi connectivity index (χ2v) is 8.41. The Balaban J connectivity index is 1.43. The molecule has 0 saturated carbocycles. The highest BCUT2D eigenvalue weighted by molar-refractivity contribution is 5.84. The highest BCUT2D eigenvalue weighted by Gasteiger charge is 2.30. The number of pyridine rings is 1. The zero-order valence-electron chi connectivity index (χ0n) is 19.2. The van der Waals surface area contributed by atoms with E-state index in [0.29, 0.717) is 48.7 Å². The van der Waals surface area contributed by atoms with Crippen LogP contribution in [0.3, 0.4) is 0 Å². The molecule has 3 aromatic heterocycles. The van der Waals surface area contributed by atoms with E-state index in [2.05, 4.69) is 30.6 Å². The molecule has 9 nitrogen and oxygen atoms in total. The number of likely N-dealkylation sites (tertiary alicyclic amines) is 1. The molecule has 0 radical (unpaired) electrons. The van der Waals surface area contributed by atoms with E-state index in [4.69, 9.17) is 0 Å². The van der Waals surface area contributed by atoms with E-state index in [1.807, 2.05) is 21.6 Å². The fourth-order valence-electron chi connectivity index (χ4n) is 4.02. The molecule has 4 heterocycles. The first-order chi connectivity index (χ1) is 17.4. The van der Waals surface area contributed by atoms with Crippen molar-refractivity contribution in [3.05, 3.63) is 66.2 Å². The van der Waals surface area contributed by atoms with Crippen molar-refractivity contribution in [1.82, 2.24) is 29.4 Å². The first kappa shape index (κ1) is 23.5. The summed E-state index contributed by atoms with van der Waals surface area (Å²) in [5.41, 5.74) is 1.70. The number of alkyl halides is 3. The van der Waals surface area contributed by atoms with E-state index in [9.17, 15) is 18.0 Å². The second-order valence-electron chi connectivity index (χ2n) is 8.41. The molecule has 12 heteroatoms. The normalized spacial score (nSPS) is 14.0. The summed E-state index contributed by atoms with van der Waals surface area (Å²) in [4.78, 5) is 31.5. The van der Waals surface area contributed by atoms with Crippen molar-refractivity contribution in [1.29, 1.82) is 0 Å². The zero-order chi connectivity index (χ0) is 25.1. The number of imidazole rings is 1. The van der Waals surface area contributed by atoms with Crippen LogP contribution in [0.2, 0.25) is 0 Å². The maximum atomic E-state index is 12.9. The Labute approximate surface area is 204 Å². The minimum absolute atomic E-state index is 0.137. The maximum absolute atomic E-state index is 12.9. The number of benzene rings is 1. The summed E-state index contributed by atoms with van der Waals surface area (Å²) in [6, 6.07) is 8.41. The van der Waals surface area contributed by atoms with Gasteiger partial charge in [0.25, 0.3) is 0 Å². The third-order valence-electron chi connectivity index (χ3n) is 5.90. The number of nitrogens with one attached hydrogen (secondary N) is 2. The molecule has 186 valence electrons. The van der Waals surface area contributed by atoms with Crippen LogP contribution in [-0.2, 0) is 24.1 Å². The minimum Gasteiger partial charge on any atom is -0.364 e. The number of amides is 1. The Morgan fingerprint density at radius 3 is 2.58 bits per heavy atom. The fraction of sp³-hybridized carbons (Fsp3) is 0.292. The Bertz CT molecular complexity index is 1360. The number of halogens is 3. The topological polar surface area (TPSA) is 101 Å². The standard InChI is InChI=1S/C24H23F3N8O/c25-24(26,27)17-5-7-18(8-6-17)31-23-32-21(29-14-16-3-1-9-28-13-16)20-22(33-23)35(15-30-20)12-11-34-10-2-4-19(34)36/h1,3,5-9,13,15H,2,4,10-12,14H2,(H2,29,31,32,33). The fourth-order valence-corrected chi connectivity index (χ4v) is 4.02. The van der Waals surface area contributed by atoms with Crippen molar-refractivity contribution >= 4 is 34.5 Å². The summed E-state index contributed by atoms with van der Waals surface area (Å²) in [5.74, 6) is 0.807. The number of carbonyl (C=O) groups is 1. The van der Waals surface area contributed by atoms with Crippen LogP contribution in [0.25, 0.3) is 11.2 Å². The molecule has 1 aromatic carbocycles. The summed E-state index contributed by atoms with van der Waals surface area (Å²) >= 11 is 0. The Morgan fingerprint density at radius 1 is 1.06 bits per heavy atom. The summed E-state index contributed by atoms with van der Waals surface area (Å²) in [6.07, 6.45) is 2.08. The lowest BCUT2D eigenvalue weighted by Crippen LogP contribution is -2.28. The van der Waals surface area contributed by atoms with Crippen LogP contribution in [0.4, 0.5) is 30.6 Å². The third-order valence-corrected chi connectivity index (χ3v) is 5.90. The Hall–Kier alpha value is -4.22. The molecule has 0 bridgehead atoms. The lowest BCUT2D eigenvalue weighted by Gasteiger charge is -2.16. The number of anilines is 3. The van der Waals surface area contributed by atoms with Gasteiger partial charge < -0.3 is 20.1 Å². The van der Waals surface area contributed by atoms with Gasteiger partial charge >= 0.3 is 6.18 Å². The van der Waals surface area contributed by atoms with Crippen LogP contribution in [-0.4, -0.2) is 48.4 Å². The minimum atomic E-state index is -4.42. The van der Waals surface area contributed by atoms with Gasteiger partial charge in [-0.25, -0.2) is 4.98 Å². The van der Waals surface area contributed by atoms with Crippen LogP contribution in [0, 0.1) is 0 Å². The van der Waals surface area contributed by atoms with E-state index in [1.54, 1.807) is 18.7 Å². The summed E-state index contributed by atoms with van der Waals surface area (Å²) in [6.45, 7) is 2.21. The molecular weight excluding hydrogens is 473 g/mol. The predicted molar refractivity (Wildman–Crippen MR) is 127 cm³/mol. The molecule has 0 aliphatic carbocycles. The molecule has 0 unspecified atom stereocenters. The second kappa shape index (κ2) is 9.80. The number of rotatable bonds is 8. The van der Waals surface area contributed by atoms with Crippen LogP contribution < -0.4 is 10.6 Å². The quantitative estimate of drug-likeness (QED) is 0.377. The van der Waals surface area contributed by atoms with Gasteiger partial charge in [0, 0.05) is 50.7 Å². The first-order valence-electron chi connectivity index (χ1n) is 11.4. The highest BCUT2D eigenvalue weighted by atomic mass is 19.4. The van der Waals surface area contributed by atoms with E-state index in [1.165, 1.54) is 12.1 Å². The number of nitrogens with zero attached hydrogens (tertiary/aromatic N) is 6. The summed E-state index contributed by atoms with van der Waals surface area (Å²) in [7, 11) is 0. The van der Waals surface area contributed by atoms with Crippen molar-refractivity contribution in [3.8, 4) is 0 Å². The van der Waals surface area contributed by atoms with Crippen molar-refractivity contribution < 1.29 is 18.0 Å². The number of fused-ring (bicyclic) bond motifs is 1.